The molecule has 1 aliphatic heterocycles. The zero-order chi connectivity index (χ0) is 17.0. The van der Waals surface area contributed by atoms with Crippen LogP contribution >= 0.6 is 0 Å². The minimum atomic E-state index is -0.474. The van der Waals surface area contributed by atoms with Crippen LogP contribution in [0.2, 0.25) is 0 Å². The van der Waals surface area contributed by atoms with E-state index in [4.69, 9.17) is 10.5 Å². The van der Waals surface area contributed by atoms with Gasteiger partial charge in [-0.1, -0.05) is 11.8 Å². The van der Waals surface area contributed by atoms with Crippen LogP contribution < -0.4 is 5.73 Å². The van der Waals surface area contributed by atoms with Gasteiger partial charge in [-0.25, -0.2) is 4.79 Å². The quantitative estimate of drug-likeness (QED) is 0.747. The van der Waals surface area contributed by atoms with Crippen molar-refractivity contribution in [3.63, 3.8) is 0 Å². The van der Waals surface area contributed by atoms with E-state index in [9.17, 15) is 4.79 Å². The molecule has 1 aromatic heterocycles. The number of aromatic nitrogens is 1. The van der Waals surface area contributed by atoms with Crippen molar-refractivity contribution < 1.29 is 9.53 Å². The number of carbonyl (C=O) groups excluding carboxylic acids is 1. The molecular weight excluding hydrogens is 290 g/mol. The molecule has 124 valence electrons. The first-order valence-corrected chi connectivity index (χ1v) is 7.96. The fourth-order valence-electron chi connectivity index (χ4n) is 2.45. The van der Waals surface area contributed by atoms with Crippen molar-refractivity contribution in [1.82, 2.24) is 9.88 Å². The summed E-state index contributed by atoms with van der Waals surface area (Å²) in [4.78, 5) is 18.1. The van der Waals surface area contributed by atoms with Gasteiger partial charge in [0.25, 0.3) is 0 Å². The number of likely N-dealkylation sites (tertiary alicyclic amines) is 1. The van der Waals surface area contributed by atoms with E-state index in [0.29, 0.717) is 12.2 Å². The second-order valence-electron chi connectivity index (χ2n) is 6.95. The van der Waals surface area contributed by atoms with Gasteiger partial charge in [-0.15, -0.1) is 0 Å². The number of carbonyl (C=O) groups is 1. The molecule has 1 aromatic rings. The second kappa shape index (κ2) is 6.91. The molecule has 2 heterocycles. The Labute approximate surface area is 138 Å². The predicted octanol–water partition coefficient (Wildman–Crippen LogP) is 2.97. The van der Waals surface area contributed by atoms with Crippen LogP contribution in [0.5, 0.6) is 0 Å². The Morgan fingerprint density at radius 1 is 1.48 bits per heavy atom. The van der Waals surface area contributed by atoms with Gasteiger partial charge in [-0.2, -0.15) is 0 Å². The molecule has 1 aliphatic rings. The van der Waals surface area contributed by atoms with E-state index in [1.165, 1.54) is 0 Å². The number of nitrogens with two attached hydrogens (primary N) is 1. The summed E-state index contributed by atoms with van der Waals surface area (Å²) in [6, 6.07) is 1.82. The summed E-state index contributed by atoms with van der Waals surface area (Å²) in [7, 11) is 0. The lowest BCUT2D eigenvalue weighted by Gasteiger charge is -2.32. The number of aryl methyl sites for hydroxylation is 1. The fraction of sp³-hybridized carbons (Fsp3) is 0.556. The molecule has 5 heteroatoms. The number of nitrogens with zero attached hydrogens (tertiary/aromatic N) is 2. The topological polar surface area (TPSA) is 68.5 Å². The van der Waals surface area contributed by atoms with E-state index < -0.39 is 5.60 Å². The van der Waals surface area contributed by atoms with Crippen LogP contribution in [0.3, 0.4) is 0 Å². The smallest absolute Gasteiger partial charge is 0.410 e. The molecule has 0 bridgehead atoms. The van der Waals surface area contributed by atoms with Gasteiger partial charge in [0.1, 0.15) is 5.60 Å². The lowest BCUT2D eigenvalue weighted by Crippen LogP contribution is -2.42. The number of amides is 1. The van der Waals surface area contributed by atoms with E-state index in [1.54, 1.807) is 11.1 Å². The Hall–Kier alpha value is -2.22. The number of hydrogen-bond donors (Lipinski definition) is 1. The molecular formula is C18H25N3O2. The van der Waals surface area contributed by atoms with Crippen molar-refractivity contribution >= 4 is 11.8 Å². The van der Waals surface area contributed by atoms with Gasteiger partial charge in [0, 0.05) is 30.9 Å². The summed E-state index contributed by atoms with van der Waals surface area (Å²) >= 11 is 0. The molecule has 1 atom stereocenters. The van der Waals surface area contributed by atoms with E-state index in [2.05, 4.69) is 16.8 Å². The van der Waals surface area contributed by atoms with E-state index in [-0.39, 0.29) is 12.0 Å². The summed E-state index contributed by atoms with van der Waals surface area (Å²) in [5.74, 6) is 6.46. The predicted molar refractivity (Wildman–Crippen MR) is 90.8 cm³/mol. The number of hydrogen-bond acceptors (Lipinski definition) is 4. The summed E-state index contributed by atoms with van der Waals surface area (Å²) in [6.45, 7) is 8.84. The van der Waals surface area contributed by atoms with Crippen molar-refractivity contribution in [2.45, 2.75) is 46.1 Å². The number of anilines is 1. The van der Waals surface area contributed by atoms with Crippen molar-refractivity contribution in [3.8, 4) is 11.8 Å². The van der Waals surface area contributed by atoms with Crippen molar-refractivity contribution in [3.05, 3.63) is 23.5 Å². The van der Waals surface area contributed by atoms with Crippen LogP contribution in [0.4, 0.5) is 10.5 Å². The molecule has 0 unspecified atom stereocenters. The lowest BCUT2D eigenvalue weighted by atomic mass is 9.98. The average Bonchev–Trinajstić information content (AvgIpc) is 2.45. The van der Waals surface area contributed by atoms with Gasteiger partial charge in [0.05, 0.1) is 11.3 Å². The molecule has 0 radical (unpaired) electrons. The zero-order valence-corrected chi connectivity index (χ0v) is 14.3. The first-order chi connectivity index (χ1) is 10.7. The highest BCUT2D eigenvalue weighted by Gasteiger charge is 2.26. The zero-order valence-electron chi connectivity index (χ0n) is 14.3. The molecule has 23 heavy (non-hydrogen) atoms. The lowest BCUT2D eigenvalue weighted by molar-refractivity contribution is 0.0190. The van der Waals surface area contributed by atoms with E-state index in [1.807, 2.05) is 33.8 Å². The second-order valence-corrected chi connectivity index (χ2v) is 6.95. The first-order valence-electron chi connectivity index (χ1n) is 7.96. The summed E-state index contributed by atoms with van der Waals surface area (Å²) < 4.78 is 5.43. The molecule has 0 saturated carbocycles. The van der Waals surface area contributed by atoms with Gasteiger partial charge in [-0.3, -0.25) is 4.98 Å². The summed E-state index contributed by atoms with van der Waals surface area (Å²) in [5.41, 5.74) is 7.74. The monoisotopic (exact) mass is 315 g/mol. The van der Waals surface area contributed by atoms with Crippen LogP contribution in [0.15, 0.2) is 12.3 Å². The largest absolute Gasteiger partial charge is 0.444 e. The average molecular weight is 315 g/mol. The van der Waals surface area contributed by atoms with E-state index in [0.717, 1.165) is 30.6 Å². The van der Waals surface area contributed by atoms with Crippen LogP contribution in [0.1, 0.15) is 44.9 Å². The molecule has 0 aliphatic carbocycles. The Kier molecular flexibility index (Phi) is 5.15. The van der Waals surface area contributed by atoms with Crippen molar-refractivity contribution in [2.24, 2.45) is 5.92 Å². The number of rotatable bonds is 0. The van der Waals surface area contributed by atoms with Gasteiger partial charge in [0.2, 0.25) is 0 Å². The Morgan fingerprint density at radius 3 is 2.87 bits per heavy atom. The first kappa shape index (κ1) is 17.1. The van der Waals surface area contributed by atoms with Gasteiger partial charge < -0.3 is 15.4 Å². The van der Waals surface area contributed by atoms with Gasteiger partial charge in [-0.05, 0) is 46.6 Å². The van der Waals surface area contributed by atoms with Gasteiger partial charge >= 0.3 is 6.09 Å². The van der Waals surface area contributed by atoms with Crippen molar-refractivity contribution in [1.29, 1.82) is 0 Å². The van der Waals surface area contributed by atoms with E-state index >= 15 is 0 Å². The third-order valence-electron chi connectivity index (χ3n) is 3.56. The maximum absolute atomic E-state index is 12.2. The fourth-order valence-corrected chi connectivity index (χ4v) is 2.45. The molecule has 1 saturated heterocycles. The van der Waals surface area contributed by atoms with Gasteiger partial charge in [0.15, 0.2) is 0 Å². The third-order valence-corrected chi connectivity index (χ3v) is 3.56. The molecule has 1 fully saturated rings. The molecule has 0 aromatic carbocycles. The molecule has 2 N–H and O–H groups in total. The third kappa shape index (κ3) is 5.17. The normalized spacial score (nSPS) is 18.1. The molecule has 0 spiro atoms. The number of nitrogen functional groups attached to an aromatic ring is 1. The Bertz CT molecular complexity index is 638. The Morgan fingerprint density at radius 2 is 2.22 bits per heavy atom. The maximum atomic E-state index is 12.2. The molecule has 2 rings (SSSR count). The Balaban J connectivity index is 2.02. The maximum Gasteiger partial charge on any atom is 0.410 e. The van der Waals surface area contributed by atoms with Crippen molar-refractivity contribution in [2.75, 3.05) is 18.8 Å². The minimum absolute atomic E-state index is 0.136. The number of piperidine rings is 1. The molecule has 1 amide bonds. The van der Waals surface area contributed by atoms with Crippen LogP contribution in [-0.2, 0) is 4.74 Å². The highest BCUT2D eigenvalue weighted by molar-refractivity contribution is 5.68. The number of pyridine rings is 1. The number of ether oxygens (including phenoxy) is 1. The molecule has 5 nitrogen and oxygen atoms in total. The highest BCUT2D eigenvalue weighted by atomic mass is 16.6. The summed E-state index contributed by atoms with van der Waals surface area (Å²) in [6.07, 6.45) is 3.35. The minimum Gasteiger partial charge on any atom is -0.444 e. The van der Waals surface area contributed by atoms with Crippen LogP contribution in [0, 0.1) is 24.7 Å². The SMILES string of the molecule is Cc1cc(N)c(C#C[C@@H]2CCCN(C(=O)OC(C)(C)C)C2)cn1. The van der Waals surface area contributed by atoms with Crippen LogP contribution in [0.25, 0.3) is 0 Å². The standard InChI is InChI=1S/C18H25N3O2/c1-13-10-16(19)15(11-20-13)8-7-14-6-5-9-21(12-14)17(22)23-18(2,3)4/h10-11,14H,5-6,9,12H2,1-4H3,(H2,19,20)/t14-/m0/s1. The van der Waals surface area contributed by atoms with Crippen LogP contribution in [-0.4, -0.2) is 34.7 Å². The summed E-state index contributed by atoms with van der Waals surface area (Å²) in [5, 5.41) is 0. The highest BCUT2D eigenvalue weighted by Crippen LogP contribution is 2.19.